The quantitative estimate of drug-likeness (QED) is 0.344. The lowest BCUT2D eigenvalue weighted by Gasteiger charge is -2.14. The number of fused-ring (bicyclic) bond motifs is 3. The van der Waals surface area contributed by atoms with Gasteiger partial charge in [0.05, 0.1) is 28.6 Å². The Bertz CT molecular complexity index is 1620. The van der Waals surface area contributed by atoms with Crippen molar-refractivity contribution in [3.8, 4) is 34.1 Å². The standard InChI is InChI=1S/C28H19BN3O2/c33-29-34-21-15-16-25-23(17-21)22-13-7-8-14-24(22)32(25)26-18-30-28(20-11-5-2-6-12-20)31-27(26)19-9-3-1-4-10-19/h1-18,33H. The van der Waals surface area contributed by atoms with E-state index in [0.717, 1.165) is 44.3 Å². The normalized spacial score (nSPS) is 11.1. The van der Waals surface area contributed by atoms with Crippen molar-refractivity contribution in [3.63, 3.8) is 0 Å². The van der Waals surface area contributed by atoms with E-state index in [1.165, 1.54) is 0 Å². The van der Waals surface area contributed by atoms with Crippen LogP contribution in [0.2, 0.25) is 0 Å². The van der Waals surface area contributed by atoms with E-state index >= 15 is 0 Å². The monoisotopic (exact) mass is 440 g/mol. The van der Waals surface area contributed by atoms with E-state index in [0.29, 0.717) is 19.3 Å². The lowest BCUT2D eigenvalue weighted by molar-refractivity contribution is 0.454. The van der Waals surface area contributed by atoms with Crippen molar-refractivity contribution in [3.05, 3.63) is 109 Å². The zero-order chi connectivity index (χ0) is 22.9. The van der Waals surface area contributed by atoms with Crippen molar-refractivity contribution in [2.45, 2.75) is 0 Å². The van der Waals surface area contributed by atoms with Crippen LogP contribution in [0.3, 0.4) is 0 Å². The number of rotatable bonds is 5. The van der Waals surface area contributed by atoms with Crippen molar-refractivity contribution in [2.24, 2.45) is 0 Å². The lowest BCUT2D eigenvalue weighted by Crippen LogP contribution is -2.03. The third-order valence-electron chi connectivity index (χ3n) is 5.92. The van der Waals surface area contributed by atoms with Gasteiger partial charge in [0.25, 0.3) is 0 Å². The second-order valence-electron chi connectivity index (χ2n) is 7.91. The molecule has 0 aliphatic rings. The minimum atomic E-state index is 0.567. The van der Waals surface area contributed by atoms with E-state index in [1.807, 2.05) is 85.1 Å². The van der Waals surface area contributed by atoms with Crippen LogP contribution in [0.5, 0.6) is 5.75 Å². The first-order chi connectivity index (χ1) is 16.8. The fraction of sp³-hybridized carbons (Fsp3) is 0. The zero-order valence-electron chi connectivity index (χ0n) is 18.2. The summed E-state index contributed by atoms with van der Waals surface area (Å²) in [4.78, 5) is 9.79. The third kappa shape index (κ3) is 3.41. The first-order valence-corrected chi connectivity index (χ1v) is 11.0. The number of benzene rings is 4. The van der Waals surface area contributed by atoms with Gasteiger partial charge in [0.2, 0.25) is 0 Å². The van der Waals surface area contributed by atoms with Crippen LogP contribution in [-0.2, 0) is 0 Å². The molecule has 0 spiro atoms. The first kappa shape index (κ1) is 20.2. The van der Waals surface area contributed by atoms with Gasteiger partial charge in [0.1, 0.15) is 5.75 Å². The minimum Gasteiger partial charge on any atom is -0.537 e. The average molecular weight is 440 g/mol. The fourth-order valence-corrected chi connectivity index (χ4v) is 4.42. The van der Waals surface area contributed by atoms with Crippen LogP contribution >= 0.6 is 0 Å². The summed E-state index contributed by atoms with van der Waals surface area (Å²) in [5.41, 5.74) is 5.75. The van der Waals surface area contributed by atoms with Gasteiger partial charge in [-0.1, -0.05) is 78.9 Å². The van der Waals surface area contributed by atoms with Crippen molar-refractivity contribution in [2.75, 3.05) is 0 Å². The van der Waals surface area contributed by atoms with Gasteiger partial charge < -0.3 is 14.2 Å². The molecule has 6 heteroatoms. The molecule has 0 unspecified atom stereocenters. The van der Waals surface area contributed by atoms with Crippen LogP contribution in [0, 0.1) is 0 Å². The molecule has 2 aromatic heterocycles. The Balaban J connectivity index is 1.66. The summed E-state index contributed by atoms with van der Waals surface area (Å²) in [5, 5.41) is 11.2. The predicted molar refractivity (Wildman–Crippen MR) is 136 cm³/mol. The Morgan fingerprint density at radius 3 is 2.15 bits per heavy atom. The molecule has 0 atom stereocenters. The molecule has 0 saturated heterocycles. The molecule has 161 valence electrons. The van der Waals surface area contributed by atoms with Crippen LogP contribution in [0.15, 0.2) is 109 Å². The zero-order valence-corrected chi connectivity index (χ0v) is 18.2. The van der Waals surface area contributed by atoms with E-state index in [-0.39, 0.29) is 0 Å². The molecule has 0 amide bonds. The smallest absolute Gasteiger partial charge is 0.537 e. The molecule has 4 aromatic carbocycles. The van der Waals surface area contributed by atoms with Gasteiger partial charge >= 0.3 is 7.69 Å². The highest BCUT2D eigenvalue weighted by molar-refractivity contribution is 6.17. The molecule has 0 fully saturated rings. The van der Waals surface area contributed by atoms with Crippen molar-refractivity contribution < 1.29 is 9.68 Å². The predicted octanol–water partition coefficient (Wildman–Crippen LogP) is 5.81. The third-order valence-corrected chi connectivity index (χ3v) is 5.92. The van der Waals surface area contributed by atoms with Gasteiger partial charge in [-0.25, -0.2) is 9.97 Å². The Hall–Kier alpha value is -4.42. The average Bonchev–Trinajstić information content (AvgIpc) is 3.23. The Morgan fingerprint density at radius 2 is 1.38 bits per heavy atom. The van der Waals surface area contributed by atoms with Gasteiger partial charge in [-0.15, -0.1) is 0 Å². The first-order valence-electron chi connectivity index (χ1n) is 11.0. The molecular weight excluding hydrogens is 421 g/mol. The van der Waals surface area contributed by atoms with Gasteiger partial charge in [-0.05, 0) is 24.3 Å². The van der Waals surface area contributed by atoms with Gasteiger partial charge in [0, 0.05) is 21.9 Å². The molecule has 1 N–H and O–H groups in total. The number of nitrogens with zero attached hydrogens (tertiary/aromatic N) is 3. The number of hydrogen-bond acceptors (Lipinski definition) is 4. The van der Waals surface area contributed by atoms with Crippen LogP contribution < -0.4 is 4.65 Å². The fourth-order valence-electron chi connectivity index (χ4n) is 4.42. The van der Waals surface area contributed by atoms with Gasteiger partial charge in [-0.2, -0.15) is 0 Å². The highest BCUT2D eigenvalue weighted by Gasteiger charge is 2.18. The largest absolute Gasteiger partial charge is 0.569 e. The molecule has 0 aliphatic heterocycles. The summed E-state index contributed by atoms with van der Waals surface area (Å²) in [6.45, 7) is 0. The Labute approximate surface area is 197 Å². The number of hydrogen-bond donors (Lipinski definition) is 1. The van der Waals surface area contributed by atoms with Gasteiger partial charge in [-0.3, -0.25) is 0 Å². The molecule has 34 heavy (non-hydrogen) atoms. The van der Waals surface area contributed by atoms with Crippen LogP contribution in [-0.4, -0.2) is 27.2 Å². The van der Waals surface area contributed by atoms with E-state index in [9.17, 15) is 0 Å². The summed E-state index contributed by atoms with van der Waals surface area (Å²) in [7, 11) is 0.698. The Kier molecular flexibility index (Phi) is 5.05. The second kappa shape index (κ2) is 8.50. The maximum atomic E-state index is 9.10. The molecule has 0 saturated carbocycles. The van der Waals surface area contributed by atoms with Crippen LogP contribution in [0.4, 0.5) is 0 Å². The summed E-state index contributed by atoms with van der Waals surface area (Å²) in [6.07, 6.45) is 1.90. The highest BCUT2D eigenvalue weighted by atomic mass is 16.5. The summed E-state index contributed by atoms with van der Waals surface area (Å²) >= 11 is 0. The molecular formula is C28H19BN3O2. The molecule has 2 heterocycles. The lowest BCUT2D eigenvalue weighted by atomic mass is 10.1. The number of aromatic nitrogens is 3. The second-order valence-corrected chi connectivity index (χ2v) is 7.91. The van der Waals surface area contributed by atoms with E-state index in [1.54, 1.807) is 0 Å². The van der Waals surface area contributed by atoms with E-state index < -0.39 is 0 Å². The molecule has 5 nitrogen and oxygen atoms in total. The maximum absolute atomic E-state index is 9.10. The van der Waals surface area contributed by atoms with Crippen LogP contribution in [0.25, 0.3) is 50.1 Å². The number of para-hydroxylation sites is 1. The van der Waals surface area contributed by atoms with E-state index in [2.05, 4.69) is 28.8 Å². The topological polar surface area (TPSA) is 60.2 Å². The van der Waals surface area contributed by atoms with Crippen LogP contribution in [0.1, 0.15) is 0 Å². The summed E-state index contributed by atoms with van der Waals surface area (Å²) in [6, 6.07) is 34.2. The molecule has 0 bridgehead atoms. The summed E-state index contributed by atoms with van der Waals surface area (Å²) in [5.74, 6) is 1.25. The van der Waals surface area contributed by atoms with Crippen molar-refractivity contribution in [1.29, 1.82) is 0 Å². The highest BCUT2D eigenvalue weighted by Crippen LogP contribution is 2.37. The molecule has 6 aromatic rings. The van der Waals surface area contributed by atoms with E-state index in [4.69, 9.17) is 19.6 Å². The van der Waals surface area contributed by atoms with Crippen molar-refractivity contribution in [1.82, 2.24) is 14.5 Å². The minimum absolute atomic E-state index is 0.567. The maximum Gasteiger partial charge on any atom is 0.569 e. The Morgan fingerprint density at radius 1 is 0.706 bits per heavy atom. The summed E-state index contributed by atoms with van der Waals surface area (Å²) < 4.78 is 7.42. The molecule has 1 radical (unpaired) electrons. The van der Waals surface area contributed by atoms with Gasteiger partial charge in [0.15, 0.2) is 5.82 Å². The molecule has 0 aliphatic carbocycles. The van der Waals surface area contributed by atoms with Crippen molar-refractivity contribution >= 4 is 29.5 Å². The SMILES string of the molecule is O[B]Oc1ccc2c(c1)c1ccccc1n2-c1cnc(-c2ccccc2)nc1-c1ccccc1. The molecule has 6 rings (SSSR count).